The number of carbonyl (C=O) groups is 1. The molecule has 0 atom stereocenters. The molecule has 1 amide bonds. The normalized spacial score (nSPS) is 10.6. The number of hydrogen-bond donors (Lipinski definition) is 1. The molecule has 1 heterocycles. The number of primary amides is 1. The molecular weight excluding hydrogens is 358 g/mol. The number of ether oxygens (including phenoxy) is 2. The van der Waals surface area contributed by atoms with Gasteiger partial charge in [0.15, 0.2) is 17.3 Å². The Morgan fingerprint density at radius 2 is 1.89 bits per heavy atom. The summed E-state index contributed by atoms with van der Waals surface area (Å²) in [4.78, 5) is 11.1. The second-order valence-corrected chi connectivity index (χ2v) is 5.52. The van der Waals surface area contributed by atoms with Crippen molar-refractivity contribution in [1.29, 1.82) is 0 Å². The van der Waals surface area contributed by atoms with Crippen LogP contribution in [-0.4, -0.2) is 17.7 Å². The molecule has 1 aromatic heterocycles. The van der Waals surface area contributed by atoms with Crippen molar-refractivity contribution in [2.24, 2.45) is 5.73 Å². The molecular formula is C19H16F2N2O4. The average Bonchev–Trinajstić information content (AvgIpc) is 3.11. The van der Waals surface area contributed by atoms with Crippen molar-refractivity contribution in [3.8, 4) is 22.8 Å². The predicted molar refractivity (Wildman–Crippen MR) is 92.3 cm³/mol. The Hall–Kier alpha value is -3.42. The Bertz CT molecular complexity index is 955. The summed E-state index contributed by atoms with van der Waals surface area (Å²) in [6.45, 7) is 2.31. The van der Waals surface area contributed by atoms with E-state index in [-0.39, 0.29) is 12.4 Å². The Balaban J connectivity index is 1.72. The SMILES string of the molecule is CCOc1ccc(-c2cc(COc3ccc(F)c(C(N)=O)c3F)on2)cc1. The fourth-order valence-electron chi connectivity index (χ4n) is 2.43. The molecule has 0 aliphatic rings. The number of halogens is 2. The first-order chi connectivity index (χ1) is 13.0. The van der Waals surface area contributed by atoms with E-state index in [9.17, 15) is 13.6 Å². The van der Waals surface area contributed by atoms with E-state index in [2.05, 4.69) is 5.16 Å². The topological polar surface area (TPSA) is 87.6 Å². The molecule has 2 N–H and O–H groups in total. The summed E-state index contributed by atoms with van der Waals surface area (Å²) in [6, 6.07) is 10.9. The zero-order valence-electron chi connectivity index (χ0n) is 14.4. The molecule has 3 aromatic rings. The molecule has 0 aliphatic carbocycles. The van der Waals surface area contributed by atoms with Crippen LogP contribution in [0.25, 0.3) is 11.3 Å². The first kappa shape index (κ1) is 18.4. The van der Waals surface area contributed by atoms with Gasteiger partial charge in [-0.05, 0) is 43.3 Å². The third kappa shape index (κ3) is 4.05. The molecule has 2 aromatic carbocycles. The molecule has 0 aliphatic heterocycles. The Labute approximate surface area is 153 Å². The minimum absolute atomic E-state index is 0.162. The maximum Gasteiger partial charge on any atom is 0.254 e. The largest absolute Gasteiger partial charge is 0.494 e. The fourth-order valence-corrected chi connectivity index (χ4v) is 2.43. The first-order valence-corrected chi connectivity index (χ1v) is 8.09. The van der Waals surface area contributed by atoms with Crippen molar-refractivity contribution in [3.63, 3.8) is 0 Å². The Morgan fingerprint density at radius 1 is 1.15 bits per heavy atom. The van der Waals surface area contributed by atoms with E-state index in [0.29, 0.717) is 18.1 Å². The zero-order chi connectivity index (χ0) is 19.4. The quantitative estimate of drug-likeness (QED) is 0.681. The molecule has 0 radical (unpaired) electrons. The van der Waals surface area contributed by atoms with Gasteiger partial charge >= 0.3 is 0 Å². The Morgan fingerprint density at radius 3 is 2.56 bits per heavy atom. The molecule has 8 heteroatoms. The van der Waals surface area contributed by atoms with E-state index in [1.54, 1.807) is 6.07 Å². The number of rotatable bonds is 7. The first-order valence-electron chi connectivity index (χ1n) is 8.09. The van der Waals surface area contributed by atoms with Crippen molar-refractivity contribution >= 4 is 5.91 Å². The van der Waals surface area contributed by atoms with E-state index >= 15 is 0 Å². The second kappa shape index (κ2) is 7.86. The van der Waals surface area contributed by atoms with Crippen LogP contribution in [0.2, 0.25) is 0 Å². The second-order valence-electron chi connectivity index (χ2n) is 5.52. The lowest BCUT2D eigenvalue weighted by Gasteiger charge is -2.08. The number of aromatic nitrogens is 1. The molecule has 0 saturated heterocycles. The van der Waals surface area contributed by atoms with Gasteiger partial charge in [-0.1, -0.05) is 5.16 Å². The lowest BCUT2D eigenvalue weighted by atomic mass is 10.1. The molecule has 6 nitrogen and oxygen atoms in total. The molecule has 3 rings (SSSR count). The highest BCUT2D eigenvalue weighted by Crippen LogP contribution is 2.26. The number of hydrogen-bond acceptors (Lipinski definition) is 5. The zero-order valence-corrected chi connectivity index (χ0v) is 14.4. The van der Waals surface area contributed by atoms with Crippen LogP contribution in [0.1, 0.15) is 23.0 Å². The highest BCUT2D eigenvalue weighted by Gasteiger charge is 2.19. The minimum Gasteiger partial charge on any atom is -0.494 e. The van der Waals surface area contributed by atoms with E-state index in [0.717, 1.165) is 23.4 Å². The smallest absolute Gasteiger partial charge is 0.254 e. The molecule has 140 valence electrons. The summed E-state index contributed by atoms with van der Waals surface area (Å²) in [5, 5.41) is 3.93. The number of nitrogens with zero attached hydrogens (tertiary/aromatic N) is 1. The third-order valence-electron chi connectivity index (χ3n) is 3.69. The van der Waals surface area contributed by atoms with E-state index < -0.39 is 23.1 Å². The van der Waals surface area contributed by atoms with Crippen LogP contribution in [0.15, 0.2) is 47.0 Å². The number of benzene rings is 2. The average molecular weight is 374 g/mol. The summed E-state index contributed by atoms with van der Waals surface area (Å²) >= 11 is 0. The van der Waals surface area contributed by atoms with Gasteiger partial charge in [0.2, 0.25) is 0 Å². The Kier molecular flexibility index (Phi) is 5.35. The van der Waals surface area contributed by atoms with Gasteiger partial charge in [0.25, 0.3) is 5.91 Å². The standard InChI is InChI=1S/C19H16F2N2O4/c1-2-25-12-5-3-11(4-6-12)15-9-13(27-23-15)10-26-16-8-7-14(20)17(18(16)21)19(22)24/h3-9H,2,10H2,1H3,(H2,22,24). The van der Waals surface area contributed by atoms with Gasteiger partial charge in [-0.3, -0.25) is 4.79 Å². The molecule has 0 bridgehead atoms. The van der Waals surface area contributed by atoms with Gasteiger partial charge in [0.1, 0.15) is 29.4 Å². The van der Waals surface area contributed by atoms with Crippen LogP contribution in [0.4, 0.5) is 8.78 Å². The lowest BCUT2D eigenvalue weighted by Crippen LogP contribution is -2.16. The predicted octanol–water partition coefficient (Wildman–Crippen LogP) is 3.70. The summed E-state index contributed by atoms with van der Waals surface area (Å²) in [7, 11) is 0. The van der Waals surface area contributed by atoms with Crippen LogP contribution in [0.5, 0.6) is 11.5 Å². The van der Waals surface area contributed by atoms with Gasteiger partial charge in [-0.2, -0.15) is 0 Å². The van der Waals surface area contributed by atoms with Gasteiger partial charge < -0.3 is 19.7 Å². The van der Waals surface area contributed by atoms with Crippen molar-refractivity contribution < 1.29 is 27.6 Å². The summed E-state index contributed by atoms with van der Waals surface area (Å²) in [5.41, 5.74) is 5.50. The maximum atomic E-state index is 14.1. The van der Waals surface area contributed by atoms with Crippen LogP contribution in [0.3, 0.4) is 0 Å². The summed E-state index contributed by atoms with van der Waals surface area (Å²) in [6.07, 6.45) is 0. The van der Waals surface area contributed by atoms with Gasteiger partial charge in [0.05, 0.1) is 6.61 Å². The van der Waals surface area contributed by atoms with E-state index in [4.69, 9.17) is 19.7 Å². The van der Waals surface area contributed by atoms with Crippen LogP contribution >= 0.6 is 0 Å². The number of carbonyl (C=O) groups excluding carboxylic acids is 1. The molecule has 27 heavy (non-hydrogen) atoms. The molecule has 0 fully saturated rings. The number of nitrogens with two attached hydrogens (primary N) is 1. The fraction of sp³-hybridized carbons (Fsp3) is 0.158. The maximum absolute atomic E-state index is 14.1. The summed E-state index contributed by atoms with van der Waals surface area (Å²) < 4.78 is 43.4. The number of amides is 1. The van der Waals surface area contributed by atoms with Crippen LogP contribution in [-0.2, 0) is 6.61 Å². The van der Waals surface area contributed by atoms with Crippen molar-refractivity contribution in [3.05, 3.63) is 65.4 Å². The van der Waals surface area contributed by atoms with Crippen LogP contribution in [0, 0.1) is 11.6 Å². The minimum atomic E-state index is -1.21. The summed E-state index contributed by atoms with van der Waals surface area (Å²) in [5.74, 6) is -2.68. The monoisotopic (exact) mass is 374 g/mol. The van der Waals surface area contributed by atoms with Gasteiger partial charge in [-0.15, -0.1) is 0 Å². The molecule has 0 unspecified atom stereocenters. The van der Waals surface area contributed by atoms with Crippen LogP contribution < -0.4 is 15.2 Å². The highest BCUT2D eigenvalue weighted by molar-refractivity contribution is 5.93. The van der Waals surface area contributed by atoms with E-state index in [1.807, 2.05) is 31.2 Å². The van der Waals surface area contributed by atoms with Crippen molar-refractivity contribution in [2.75, 3.05) is 6.61 Å². The van der Waals surface area contributed by atoms with Gasteiger partial charge in [-0.25, -0.2) is 8.78 Å². The lowest BCUT2D eigenvalue weighted by molar-refractivity contribution is 0.0991. The van der Waals surface area contributed by atoms with Crippen molar-refractivity contribution in [2.45, 2.75) is 13.5 Å². The highest BCUT2D eigenvalue weighted by atomic mass is 19.1. The van der Waals surface area contributed by atoms with Crippen molar-refractivity contribution in [1.82, 2.24) is 5.16 Å². The van der Waals surface area contributed by atoms with Gasteiger partial charge in [0, 0.05) is 11.6 Å². The molecule has 0 saturated carbocycles. The van der Waals surface area contributed by atoms with E-state index in [1.165, 1.54) is 0 Å². The molecule has 0 spiro atoms. The third-order valence-corrected chi connectivity index (χ3v) is 3.69.